The first-order chi connectivity index (χ1) is 22.0. The van der Waals surface area contributed by atoms with Crippen molar-refractivity contribution in [3.63, 3.8) is 0 Å². The Labute approximate surface area is 281 Å². The van der Waals surface area contributed by atoms with Crippen LogP contribution in [0.2, 0.25) is 0 Å². The maximum absolute atomic E-state index is 13.6. The molecule has 10 nitrogen and oxygen atoms in total. The van der Waals surface area contributed by atoms with Crippen molar-refractivity contribution >= 4 is 17.9 Å². The van der Waals surface area contributed by atoms with Crippen molar-refractivity contribution in [1.82, 2.24) is 0 Å². The Kier molecular flexibility index (Phi) is 10.5. The Hall–Kier alpha value is -3.31. The van der Waals surface area contributed by atoms with Gasteiger partial charge in [0, 0.05) is 54.4 Å². The largest absolute Gasteiger partial charge is 1.00 e. The highest BCUT2D eigenvalue weighted by Gasteiger charge is 2.69. The highest BCUT2D eigenvalue weighted by atomic mass is 35.5. The van der Waals surface area contributed by atoms with Crippen molar-refractivity contribution in [3.05, 3.63) is 78.2 Å². The van der Waals surface area contributed by atoms with Crippen LogP contribution >= 0.6 is 0 Å². The SMILES string of the molecule is CO[C@H]1CC2C=C[C@H]3[C@H]4O[C@]2(/C(C)=C/[C@@H](C)[C@@H]([C@@H](C)OC(=O)C[n+]2ccccc2)OC1=O)[C@@H]3[C@H](O)[C@@H](C)[C@H]4OC(=O)C1=CC=CC1.[Cl-]. The number of ether oxygens (including phenoxy) is 5. The fraction of sp³-hybridized carbons (Fsp3) is 0.556. The number of aliphatic hydroxyl groups is 1. The van der Waals surface area contributed by atoms with Crippen molar-refractivity contribution < 1.29 is 60.1 Å². The molecule has 1 spiro atoms. The summed E-state index contributed by atoms with van der Waals surface area (Å²) in [4.78, 5) is 39.6. The van der Waals surface area contributed by atoms with E-state index in [0.29, 0.717) is 12.0 Å². The summed E-state index contributed by atoms with van der Waals surface area (Å²) >= 11 is 0. The molecule has 1 unspecified atom stereocenters. The van der Waals surface area contributed by atoms with Crippen molar-refractivity contribution in [2.24, 2.45) is 29.6 Å². The lowest BCUT2D eigenvalue weighted by Gasteiger charge is -2.49. The monoisotopic (exact) mass is 669 g/mol. The van der Waals surface area contributed by atoms with E-state index in [-0.39, 0.29) is 55.0 Å². The van der Waals surface area contributed by atoms with Crippen LogP contribution in [0.15, 0.2) is 78.2 Å². The minimum Gasteiger partial charge on any atom is -1.00 e. The summed E-state index contributed by atoms with van der Waals surface area (Å²) in [6.45, 7) is 7.54. The zero-order chi connectivity index (χ0) is 32.7. The summed E-state index contributed by atoms with van der Waals surface area (Å²) in [5.74, 6) is -3.04. The number of rotatable bonds is 7. The summed E-state index contributed by atoms with van der Waals surface area (Å²) < 4.78 is 32.4. The van der Waals surface area contributed by atoms with Crippen LogP contribution in [0.4, 0.5) is 0 Å². The summed E-state index contributed by atoms with van der Waals surface area (Å²) in [6.07, 6.45) is 11.4. The molecule has 5 aliphatic rings. The number of carbonyl (C=O) groups is 3. The molecule has 1 aromatic heterocycles. The third-order valence-electron chi connectivity index (χ3n) is 10.5. The zero-order valence-corrected chi connectivity index (χ0v) is 28.1. The first kappa shape index (κ1) is 35.0. The molecule has 254 valence electrons. The quantitative estimate of drug-likeness (QED) is 0.188. The maximum atomic E-state index is 13.6. The number of carbonyl (C=O) groups excluding carboxylic acids is 3. The van der Waals surface area contributed by atoms with Crippen LogP contribution in [0.3, 0.4) is 0 Å². The molecule has 0 amide bonds. The van der Waals surface area contributed by atoms with E-state index in [0.717, 1.165) is 5.57 Å². The van der Waals surface area contributed by atoms with E-state index in [1.54, 1.807) is 30.0 Å². The van der Waals surface area contributed by atoms with Crippen LogP contribution in [0.25, 0.3) is 0 Å². The predicted octanol–water partition coefficient (Wildman–Crippen LogP) is 0.187. The third-order valence-corrected chi connectivity index (χ3v) is 10.5. The highest BCUT2D eigenvalue weighted by molar-refractivity contribution is 5.90. The topological polar surface area (TPSA) is 121 Å². The summed E-state index contributed by atoms with van der Waals surface area (Å²) in [5.41, 5.74) is 0.470. The van der Waals surface area contributed by atoms with E-state index in [4.69, 9.17) is 23.7 Å². The zero-order valence-electron chi connectivity index (χ0n) is 27.4. The van der Waals surface area contributed by atoms with Gasteiger partial charge in [-0.1, -0.05) is 56.4 Å². The highest BCUT2D eigenvalue weighted by Crippen LogP contribution is 2.61. The van der Waals surface area contributed by atoms with Crippen LogP contribution in [0, 0.1) is 29.6 Å². The minimum absolute atomic E-state index is 0. The number of allylic oxidation sites excluding steroid dienone is 3. The number of aliphatic hydroxyl groups excluding tert-OH is 1. The van der Waals surface area contributed by atoms with Gasteiger partial charge in [0.05, 0.1) is 6.10 Å². The van der Waals surface area contributed by atoms with Gasteiger partial charge >= 0.3 is 17.9 Å². The molecule has 2 fully saturated rings. The minimum atomic E-state index is -0.982. The van der Waals surface area contributed by atoms with Crippen LogP contribution in [0.5, 0.6) is 0 Å². The Balaban J connectivity index is 0.00000433. The van der Waals surface area contributed by atoms with Gasteiger partial charge in [-0.3, -0.25) is 0 Å². The number of hydrogen-bond donors (Lipinski definition) is 1. The van der Waals surface area contributed by atoms with E-state index in [9.17, 15) is 19.5 Å². The van der Waals surface area contributed by atoms with Crippen LogP contribution in [-0.2, 0) is 44.6 Å². The smallest absolute Gasteiger partial charge is 0.373 e. The predicted molar refractivity (Wildman–Crippen MR) is 165 cm³/mol. The molecule has 3 aliphatic carbocycles. The molecule has 11 heteroatoms. The first-order valence-electron chi connectivity index (χ1n) is 16.2. The molecule has 2 aliphatic heterocycles. The summed E-state index contributed by atoms with van der Waals surface area (Å²) in [6, 6.07) is 5.51. The van der Waals surface area contributed by atoms with Gasteiger partial charge in [0.15, 0.2) is 18.5 Å². The molecule has 3 heterocycles. The van der Waals surface area contributed by atoms with E-state index >= 15 is 0 Å². The van der Waals surface area contributed by atoms with Crippen molar-refractivity contribution in [1.29, 1.82) is 0 Å². The van der Waals surface area contributed by atoms with Gasteiger partial charge in [0.1, 0.15) is 30.0 Å². The Morgan fingerprint density at radius 3 is 2.60 bits per heavy atom. The molecule has 1 saturated heterocycles. The number of pyridine rings is 1. The average molecular weight is 670 g/mol. The molecule has 12 atom stereocenters. The fourth-order valence-corrected chi connectivity index (χ4v) is 8.28. The molecular formula is C36H44ClNO9. The fourth-order valence-electron chi connectivity index (χ4n) is 8.28. The molecule has 0 aromatic carbocycles. The van der Waals surface area contributed by atoms with Gasteiger partial charge in [-0.05, 0) is 32.3 Å². The standard InChI is InChI=1S/C36H44NO9.ClH/c1-20-17-21(2)36-25(18-27(42-5)35(41)44-31(20)23(4)43-28(38)19-37-15-9-6-10-16-37)13-14-26-29(36)30(39)22(3)32(33(26)46-36)45-34(40)24-11-7-8-12-24;/h6-11,13-17,20,22-23,25-27,29-33,39H,12,18-19H2,1-5H3;1H/q+1;/p-1/b21-17+;/t20-,22-,23-,25?,26-,27+,29+,30-,31+,32-,33-,36+;/m1./s1. The van der Waals surface area contributed by atoms with E-state index in [2.05, 4.69) is 6.08 Å². The molecule has 6 rings (SSSR count). The molecule has 0 radical (unpaired) electrons. The summed E-state index contributed by atoms with van der Waals surface area (Å²) in [7, 11) is 1.47. The Morgan fingerprint density at radius 1 is 1.17 bits per heavy atom. The molecule has 1 N–H and O–H groups in total. The molecule has 47 heavy (non-hydrogen) atoms. The van der Waals surface area contributed by atoms with Crippen LogP contribution < -0.4 is 17.0 Å². The second kappa shape index (κ2) is 14.0. The third kappa shape index (κ3) is 6.33. The van der Waals surface area contributed by atoms with Crippen LogP contribution in [0.1, 0.15) is 40.5 Å². The van der Waals surface area contributed by atoms with E-state index < -0.39 is 60.1 Å². The van der Waals surface area contributed by atoms with Crippen molar-refractivity contribution in [3.8, 4) is 0 Å². The van der Waals surface area contributed by atoms with Crippen molar-refractivity contribution in [2.45, 2.75) is 89.3 Å². The Bertz CT molecular complexity index is 1470. The van der Waals surface area contributed by atoms with Crippen molar-refractivity contribution in [2.75, 3.05) is 7.11 Å². The Morgan fingerprint density at radius 2 is 1.91 bits per heavy atom. The maximum Gasteiger partial charge on any atom is 0.373 e. The van der Waals surface area contributed by atoms with Gasteiger partial charge in [-0.2, -0.15) is 4.57 Å². The lowest BCUT2D eigenvalue weighted by molar-refractivity contribution is -0.686. The van der Waals surface area contributed by atoms with E-state index in [1.165, 1.54) is 7.11 Å². The normalized spacial score (nSPS) is 38.9. The molecular weight excluding hydrogens is 626 g/mol. The van der Waals surface area contributed by atoms with Gasteiger partial charge in [-0.25, -0.2) is 14.4 Å². The molecule has 1 aromatic rings. The van der Waals surface area contributed by atoms with Gasteiger partial charge in [-0.15, -0.1) is 0 Å². The molecule has 4 bridgehead atoms. The number of cyclic esters (lactones) is 1. The number of hydrogen-bond acceptors (Lipinski definition) is 9. The average Bonchev–Trinajstić information content (AvgIpc) is 3.64. The van der Waals surface area contributed by atoms with Gasteiger partial charge in [0.2, 0.25) is 6.54 Å². The second-order valence-corrected chi connectivity index (χ2v) is 13.3. The number of nitrogens with zero attached hydrogens (tertiary/aromatic N) is 1. The lowest BCUT2D eigenvalue weighted by atomic mass is 9.57. The van der Waals surface area contributed by atoms with E-state index in [1.807, 2.05) is 63.3 Å². The van der Waals surface area contributed by atoms with Gasteiger partial charge < -0.3 is 41.2 Å². The molecule has 1 saturated carbocycles. The number of methoxy groups -OCH3 is 1. The number of aromatic nitrogens is 1. The number of halogens is 1. The van der Waals surface area contributed by atoms with Crippen LogP contribution in [-0.4, -0.2) is 72.3 Å². The lowest BCUT2D eigenvalue weighted by Crippen LogP contribution is -3.00. The number of esters is 3. The summed E-state index contributed by atoms with van der Waals surface area (Å²) in [5, 5.41) is 11.9. The second-order valence-electron chi connectivity index (χ2n) is 13.3. The first-order valence-corrected chi connectivity index (χ1v) is 16.2. The van der Waals surface area contributed by atoms with Gasteiger partial charge in [0.25, 0.3) is 0 Å².